The number of nitrogens with one attached hydrogen (secondary N) is 1. The quantitative estimate of drug-likeness (QED) is 0.549. The molecule has 0 unspecified atom stereocenters. The van der Waals surface area contributed by atoms with Gasteiger partial charge in [0.15, 0.2) is 11.6 Å². The molecule has 2 heterocycles. The Balaban J connectivity index is 2.67. The highest BCUT2D eigenvalue weighted by atomic mass is 16.4. The lowest BCUT2D eigenvalue weighted by atomic mass is 10.5. The lowest BCUT2D eigenvalue weighted by Gasteiger charge is -1.90. The highest BCUT2D eigenvalue weighted by Crippen LogP contribution is 2.08. The Labute approximate surface area is 71.6 Å². The van der Waals surface area contributed by atoms with Crippen molar-refractivity contribution in [2.75, 3.05) is 5.73 Å². The number of rotatable bonds is 1. The number of nitrogens with zero attached hydrogens (tertiary/aromatic N) is 3. The van der Waals surface area contributed by atoms with Crippen LogP contribution in [-0.4, -0.2) is 31.0 Å². The number of carboxylic acids is 1. The monoisotopic (exact) mass is 179 g/mol. The largest absolute Gasteiger partial charge is 0.475 e. The van der Waals surface area contributed by atoms with E-state index in [1.165, 1.54) is 6.20 Å². The van der Waals surface area contributed by atoms with E-state index in [9.17, 15) is 4.79 Å². The Morgan fingerprint density at radius 3 is 3.00 bits per heavy atom. The molecule has 0 fully saturated rings. The average molecular weight is 179 g/mol. The Bertz CT molecular complexity index is 477. The number of aromatic nitrogens is 4. The Morgan fingerprint density at radius 2 is 2.31 bits per heavy atom. The van der Waals surface area contributed by atoms with E-state index in [0.717, 1.165) is 0 Å². The van der Waals surface area contributed by atoms with Crippen molar-refractivity contribution in [2.24, 2.45) is 0 Å². The summed E-state index contributed by atoms with van der Waals surface area (Å²) in [6.45, 7) is 0. The van der Waals surface area contributed by atoms with Crippen LogP contribution in [0.3, 0.4) is 0 Å². The zero-order chi connectivity index (χ0) is 9.42. The molecule has 0 saturated heterocycles. The molecular formula is C6H5N5O2. The first kappa shape index (κ1) is 7.47. The van der Waals surface area contributed by atoms with Crippen LogP contribution in [0.15, 0.2) is 6.20 Å². The molecule has 7 nitrogen and oxygen atoms in total. The van der Waals surface area contributed by atoms with E-state index in [0.29, 0.717) is 5.52 Å². The van der Waals surface area contributed by atoms with Gasteiger partial charge in [-0.15, -0.1) is 0 Å². The molecule has 0 bridgehead atoms. The molecular weight excluding hydrogens is 174 g/mol. The third kappa shape index (κ3) is 1.15. The second kappa shape index (κ2) is 2.41. The molecule has 0 aromatic carbocycles. The van der Waals surface area contributed by atoms with Crippen LogP contribution >= 0.6 is 0 Å². The normalized spacial score (nSPS) is 10.5. The smallest absolute Gasteiger partial charge is 0.374 e. The minimum atomic E-state index is -1.19. The SMILES string of the molecule is Nc1nc2nc(C(=O)O)ncc2[nH]1. The fourth-order valence-electron chi connectivity index (χ4n) is 0.929. The van der Waals surface area contributed by atoms with Crippen molar-refractivity contribution in [3.05, 3.63) is 12.0 Å². The number of nitrogen functional groups attached to an aromatic ring is 1. The molecule has 2 rings (SSSR count). The first-order valence-corrected chi connectivity index (χ1v) is 3.38. The van der Waals surface area contributed by atoms with Crippen LogP contribution in [-0.2, 0) is 0 Å². The minimum Gasteiger partial charge on any atom is -0.475 e. The summed E-state index contributed by atoms with van der Waals surface area (Å²) in [7, 11) is 0. The van der Waals surface area contributed by atoms with Gasteiger partial charge >= 0.3 is 5.97 Å². The zero-order valence-electron chi connectivity index (χ0n) is 6.35. The number of nitrogens with two attached hydrogens (primary N) is 1. The van der Waals surface area contributed by atoms with E-state index in [1.54, 1.807) is 0 Å². The maximum Gasteiger partial charge on any atom is 0.374 e. The molecule has 13 heavy (non-hydrogen) atoms. The lowest BCUT2D eigenvalue weighted by Crippen LogP contribution is -2.03. The van der Waals surface area contributed by atoms with Gasteiger partial charge in [0.05, 0.1) is 6.20 Å². The maximum absolute atomic E-state index is 10.5. The number of aromatic amines is 1. The molecule has 4 N–H and O–H groups in total. The Morgan fingerprint density at radius 1 is 1.54 bits per heavy atom. The summed E-state index contributed by atoms with van der Waals surface area (Å²) in [4.78, 5) is 24.1. The predicted octanol–water partition coefficient (Wildman–Crippen LogP) is -0.367. The average Bonchev–Trinajstić information content (AvgIpc) is 2.42. The fraction of sp³-hybridized carbons (Fsp3) is 0. The van der Waals surface area contributed by atoms with Gasteiger partial charge in [0.25, 0.3) is 0 Å². The molecule has 0 aliphatic carbocycles. The third-order valence-corrected chi connectivity index (χ3v) is 1.45. The number of fused-ring (bicyclic) bond motifs is 1. The van der Waals surface area contributed by atoms with Crippen LogP contribution in [0.5, 0.6) is 0 Å². The predicted molar refractivity (Wildman–Crippen MR) is 43.1 cm³/mol. The molecule has 0 saturated carbocycles. The molecule has 0 aliphatic heterocycles. The molecule has 0 spiro atoms. The standard InChI is InChI=1S/C6H5N5O2/c7-6-9-2-1-8-4(5(12)13)10-3(2)11-6/h1H,(H,12,13)(H3,7,8,9,10,11). The van der Waals surface area contributed by atoms with E-state index < -0.39 is 5.97 Å². The van der Waals surface area contributed by atoms with Gasteiger partial charge in [-0.1, -0.05) is 0 Å². The van der Waals surface area contributed by atoms with E-state index in [-0.39, 0.29) is 17.4 Å². The Hall–Kier alpha value is -2.18. The van der Waals surface area contributed by atoms with Crippen molar-refractivity contribution < 1.29 is 9.90 Å². The van der Waals surface area contributed by atoms with Gasteiger partial charge in [0.1, 0.15) is 5.52 Å². The van der Waals surface area contributed by atoms with Gasteiger partial charge in [-0.05, 0) is 0 Å². The van der Waals surface area contributed by atoms with Crippen molar-refractivity contribution in [2.45, 2.75) is 0 Å². The number of carboxylic acid groups (broad SMARTS) is 1. The highest BCUT2D eigenvalue weighted by Gasteiger charge is 2.09. The highest BCUT2D eigenvalue weighted by molar-refractivity contribution is 5.85. The van der Waals surface area contributed by atoms with Crippen molar-refractivity contribution in [1.82, 2.24) is 19.9 Å². The van der Waals surface area contributed by atoms with Gasteiger partial charge in [-0.25, -0.2) is 14.8 Å². The number of hydrogen-bond acceptors (Lipinski definition) is 5. The van der Waals surface area contributed by atoms with Gasteiger partial charge in [-0.3, -0.25) is 0 Å². The minimum absolute atomic E-state index is 0.187. The number of hydrogen-bond donors (Lipinski definition) is 3. The van der Waals surface area contributed by atoms with Crippen molar-refractivity contribution in [3.8, 4) is 0 Å². The number of imidazole rings is 1. The van der Waals surface area contributed by atoms with Crippen molar-refractivity contribution in [3.63, 3.8) is 0 Å². The molecule has 0 amide bonds. The van der Waals surface area contributed by atoms with Gasteiger partial charge in [-0.2, -0.15) is 4.98 Å². The summed E-state index contributed by atoms with van der Waals surface area (Å²) in [5.41, 5.74) is 6.11. The maximum atomic E-state index is 10.5. The van der Waals surface area contributed by atoms with E-state index >= 15 is 0 Å². The van der Waals surface area contributed by atoms with Crippen LogP contribution in [0.4, 0.5) is 5.95 Å². The molecule has 2 aromatic heterocycles. The summed E-state index contributed by atoms with van der Waals surface area (Å²) < 4.78 is 0. The summed E-state index contributed by atoms with van der Waals surface area (Å²) in [6, 6.07) is 0. The van der Waals surface area contributed by atoms with Gasteiger partial charge < -0.3 is 15.8 Å². The first-order valence-electron chi connectivity index (χ1n) is 3.38. The van der Waals surface area contributed by atoms with Crippen LogP contribution in [0.25, 0.3) is 11.2 Å². The van der Waals surface area contributed by atoms with Crippen molar-refractivity contribution in [1.29, 1.82) is 0 Å². The second-order valence-electron chi connectivity index (χ2n) is 2.36. The molecule has 0 aliphatic rings. The van der Waals surface area contributed by atoms with Crippen LogP contribution in [0.1, 0.15) is 10.6 Å². The molecule has 0 atom stereocenters. The lowest BCUT2D eigenvalue weighted by molar-refractivity contribution is 0.0684. The number of H-pyrrole nitrogens is 1. The molecule has 2 aromatic rings. The third-order valence-electron chi connectivity index (χ3n) is 1.45. The second-order valence-corrected chi connectivity index (χ2v) is 2.36. The molecule has 66 valence electrons. The van der Waals surface area contributed by atoms with Crippen LogP contribution < -0.4 is 5.73 Å². The first-order chi connectivity index (χ1) is 6.16. The molecule has 0 radical (unpaired) electrons. The van der Waals surface area contributed by atoms with Gasteiger partial charge in [0.2, 0.25) is 5.82 Å². The van der Waals surface area contributed by atoms with Crippen LogP contribution in [0.2, 0.25) is 0 Å². The van der Waals surface area contributed by atoms with Gasteiger partial charge in [0, 0.05) is 0 Å². The summed E-state index contributed by atoms with van der Waals surface area (Å²) >= 11 is 0. The summed E-state index contributed by atoms with van der Waals surface area (Å²) in [6.07, 6.45) is 1.33. The zero-order valence-corrected chi connectivity index (χ0v) is 6.35. The topological polar surface area (TPSA) is 118 Å². The summed E-state index contributed by atoms with van der Waals surface area (Å²) in [5.74, 6) is -1.30. The summed E-state index contributed by atoms with van der Waals surface area (Å²) in [5, 5.41) is 8.56. The van der Waals surface area contributed by atoms with Crippen LogP contribution in [0, 0.1) is 0 Å². The van der Waals surface area contributed by atoms with E-state index in [4.69, 9.17) is 10.8 Å². The van der Waals surface area contributed by atoms with Crippen molar-refractivity contribution >= 4 is 23.1 Å². The Kier molecular flexibility index (Phi) is 1.38. The number of carbonyl (C=O) groups is 1. The van der Waals surface area contributed by atoms with E-state index in [1.807, 2.05) is 0 Å². The number of aromatic carboxylic acids is 1. The fourth-order valence-corrected chi connectivity index (χ4v) is 0.929. The number of anilines is 1. The van der Waals surface area contributed by atoms with E-state index in [2.05, 4.69) is 19.9 Å². The molecule has 7 heteroatoms.